The van der Waals surface area contributed by atoms with E-state index in [0.717, 1.165) is 40.6 Å². The lowest BCUT2D eigenvalue weighted by Crippen LogP contribution is -2.25. The zero-order chi connectivity index (χ0) is 40.8. The van der Waals surface area contributed by atoms with Crippen LogP contribution in [-0.4, -0.2) is 19.5 Å². The maximum atomic E-state index is 5.43. The molecule has 2 aromatic heterocycles. The first kappa shape index (κ1) is 34.9. The highest BCUT2D eigenvalue weighted by Crippen LogP contribution is 2.63. The van der Waals surface area contributed by atoms with Gasteiger partial charge in [-0.15, -0.1) is 0 Å². The van der Waals surface area contributed by atoms with Crippen LogP contribution < -0.4 is 0 Å². The van der Waals surface area contributed by atoms with Gasteiger partial charge in [0.25, 0.3) is 0 Å². The Kier molecular flexibility index (Phi) is 7.61. The van der Waals surface area contributed by atoms with Crippen molar-refractivity contribution >= 4 is 33.0 Å². The molecule has 8 aromatic carbocycles. The van der Waals surface area contributed by atoms with Crippen LogP contribution in [0, 0.1) is 0 Å². The summed E-state index contributed by atoms with van der Waals surface area (Å²) < 4.78 is 2.29. The maximum Gasteiger partial charge on any atom is 0.238 e. The van der Waals surface area contributed by atoms with Crippen LogP contribution >= 0.6 is 0 Å². The third-order valence-corrected chi connectivity index (χ3v) is 13.4. The average molecular weight is 791 g/mol. The molecule has 0 unspecified atom stereocenters. The van der Waals surface area contributed by atoms with Crippen molar-refractivity contribution in [2.45, 2.75) is 18.3 Å². The molecule has 3 aliphatic carbocycles. The fraction of sp³-hybridized carbons (Fsp3) is 0.0517. The second-order valence-electron chi connectivity index (χ2n) is 16.6. The molecular weight excluding hydrogens is 753 g/mol. The number of benzene rings is 8. The molecule has 0 amide bonds. The van der Waals surface area contributed by atoms with Gasteiger partial charge in [-0.3, -0.25) is 4.57 Å². The normalized spacial score (nSPS) is 14.3. The standard InChI is InChI=1S/C58H38N4/c1-3-15-37(16-4-1)39-27-31-41(32-28-39)55-59-56(42-33-29-40(30-34-42)38-17-5-2-6-18-38)61-57(60-55)62-53-26-14-10-22-46(53)48-35-47-45-21-9-13-25-51(45)58(52(47)36-54(48)62)49-23-11-7-19-43(49)44-20-8-12-24-50(44)58/h1-29,31-33,35-36H,30,34H2. The fourth-order valence-electron chi connectivity index (χ4n) is 10.7. The summed E-state index contributed by atoms with van der Waals surface area (Å²) >= 11 is 0. The smallest absolute Gasteiger partial charge is 0.238 e. The molecule has 290 valence electrons. The lowest BCUT2D eigenvalue weighted by atomic mass is 9.70. The molecule has 0 atom stereocenters. The molecule has 4 heteroatoms. The van der Waals surface area contributed by atoms with Crippen LogP contribution in [0.2, 0.25) is 0 Å². The van der Waals surface area contributed by atoms with Gasteiger partial charge in [0, 0.05) is 16.3 Å². The Labute approximate surface area is 359 Å². The van der Waals surface area contributed by atoms with E-state index in [0.29, 0.717) is 17.6 Å². The van der Waals surface area contributed by atoms with E-state index in [1.54, 1.807) is 0 Å². The Hall–Kier alpha value is -7.95. The number of rotatable bonds is 5. The Morgan fingerprint density at radius 3 is 1.53 bits per heavy atom. The van der Waals surface area contributed by atoms with Gasteiger partial charge in [-0.2, -0.15) is 9.97 Å². The van der Waals surface area contributed by atoms with Crippen LogP contribution in [0.1, 0.15) is 46.5 Å². The summed E-state index contributed by atoms with van der Waals surface area (Å²) in [6.07, 6.45) is 6.19. The van der Waals surface area contributed by atoms with Gasteiger partial charge in [-0.05, 0) is 103 Å². The van der Waals surface area contributed by atoms with E-state index in [1.165, 1.54) is 72.0 Å². The van der Waals surface area contributed by atoms with Crippen molar-refractivity contribution in [2.24, 2.45) is 0 Å². The third-order valence-electron chi connectivity index (χ3n) is 13.4. The molecule has 0 fully saturated rings. The van der Waals surface area contributed by atoms with Crippen molar-refractivity contribution in [3.63, 3.8) is 0 Å². The predicted octanol–water partition coefficient (Wildman–Crippen LogP) is 13.9. The minimum Gasteiger partial charge on any atom is -0.278 e. The number of allylic oxidation sites excluding steroid dienone is 4. The SMILES string of the molecule is C1=C(c2ccccc2)CCC(c2nc(-c3ccc(-c4ccccc4)cc3)nc(-n3c4ccccc4c4cc5c(cc43)C3(c4ccccc4-c4ccccc43)c3ccccc3-5)n2)=C1. The molecule has 10 aromatic rings. The van der Waals surface area contributed by atoms with E-state index in [2.05, 4.69) is 211 Å². The molecule has 4 nitrogen and oxygen atoms in total. The first-order valence-corrected chi connectivity index (χ1v) is 21.5. The van der Waals surface area contributed by atoms with Gasteiger partial charge in [0.2, 0.25) is 5.95 Å². The first-order valence-electron chi connectivity index (χ1n) is 21.5. The van der Waals surface area contributed by atoms with Gasteiger partial charge >= 0.3 is 0 Å². The highest BCUT2D eigenvalue weighted by molar-refractivity contribution is 6.12. The number of fused-ring (bicyclic) bond motifs is 13. The monoisotopic (exact) mass is 790 g/mol. The van der Waals surface area contributed by atoms with E-state index in [1.807, 2.05) is 0 Å². The summed E-state index contributed by atoms with van der Waals surface area (Å²) in [5, 5.41) is 2.34. The second kappa shape index (κ2) is 13.5. The molecule has 0 saturated heterocycles. The number of para-hydroxylation sites is 1. The summed E-state index contributed by atoms with van der Waals surface area (Å²) in [5.74, 6) is 1.96. The van der Waals surface area contributed by atoms with E-state index in [9.17, 15) is 0 Å². The van der Waals surface area contributed by atoms with Crippen LogP contribution in [0.5, 0.6) is 0 Å². The largest absolute Gasteiger partial charge is 0.278 e. The summed E-state index contributed by atoms with van der Waals surface area (Å²) in [7, 11) is 0. The van der Waals surface area contributed by atoms with E-state index < -0.39 is 5.41 Å². The third kappa shape index (κ3) is 5.04. The van der Waals surface area contributed by atoms with Crippen LogP contribution in [0.15, 0.2) is 206 Å². The molecule has 0 aliphatic heterocycles. The summed E-state index contributed by atoms with van der Waals surface area (Å²) in [4.78, 5) is 16.1. The molecule has 0 bridgehead atoms. The highest BCUT2D eigenvalue weighted by Gasteiger charge is 2.51. The minimum atomic E-state index is -0.472. The summed E-state index contributed by atoms with van der Waals surface area (Å²) in [6.45, 7) is 0. The van der Waals surface area contributed by atoms with Crippen LogP contribution in [0.25, 0.3) is 83.7 Å². The van der Waals surface area contributed by atoms with Gasteiger partial charge < -0.3 is 0 Å². The Bertz CT molecular complexity index is 3460. The summed E-state index contributed by atoms with van der Waals surface area (Å²) in [5.41, 5.74) is 19.0. The molecule has 0 N–H and O–H groups in total. The van der Waals surface area contributed by atoms with Crippen molar-refractivity contribution in [1.82, 2.24) is 19.5 Å². The molecule has 1 spiro atoms. The van der Waals surface area contributed by atoms with Crippen LogP contribution in [-0.2, 0) is 5.41 Å². The first-order chi connectivity index (χ1) is 30.7. The Balaban J connectivity index is 1.06. The van der Waals surface area contributed by atoms with Gasteiger partial charge in [0.05, 0.1) is 16.4 Å². The van der Waals surface area contributed by atoms with Gasteiger partial charge in [0.15, 0.2) is 11.6 Å². The Morgan fingerprint density at radius 1 is 0.355 bits per heavy atom. The molecule has 0 saturated carbocycles. The quantitative estimate of drug-likeness (QED) is 0.174. The van der Waals surface area contributed by atoms with Crippen molar-refractivity contribution in [2.75, 3.05) is 0 Å². The van der Waals surface area contributed by atoms with Crippen molar-refractivity contribution in [3.8, 4) is 50.7 Å². The van der Waals surface area contributed by atoms with E-state index >= 15 is 0 Å². The molecule has 2 heterocycles. The topological polar surface area (TPSA) is 43.6 Å². The van der Waals surface area contributed by atoms with Crippen molar-refractivity contribution in [1.29, 1.82) is 0 Å². The minimum absolute atomic E-state index is 0.472. The number of hydrogen-bond donors (Lipinski definition) is 0. The number of aromatic nitrogens is 4. The Morgan fingerprint density at radius 2 is 0.871 bits per heavy atom. The lowest BCUT2D eigenvalue weighted by molar-refractivity contribution is 0.794. The van der Waals surface area contributed by atoms with Gasteiger partial charge in [0.1, 0.15) is 0 Å². The van der Waals surface area contributed by atoms with Gasteiger partial charge in [-0.25, -0.2) is 4.98 Å². The molecule has 3 aliphatic rings. The molecule has 0 radical (unpaired) electrons. The van der Waals surface area contributed by atoms with E-state index in [-0.39, 0.29) is 0 Å². The van der Waals surface area contributed by atoms with Crippen molar-refractivity contribution < 1.29 is 0 Å². The van der Waals surface area contributed by atoms with E-state index in [4.69, 9.17) is 15.0 Å². The zero-order valence-corrected chi connectivity index (χ0v) is 33.8. The number of hydrogen-bond acceptors (Lipinski definition) is 3. The molecule has 62 heavy (non-hydrogen) atoms. The van der Waals surface area contributed by atoms with Crippen LogP contribution in [0.3, 0.4) is 0 Å². The average Bonchev–Trinajstić information content (AvgIpc) is 3.95. The molecular formula is C58H38N4. The zero-order valence-electron chi connectivity index (χ0n) is 33.8. The van der Waals surface area contributed by atoms with Crippen molar-refractivity contribution in [3.05, 3.63) is 240 Å². The maximum absolute atomic E-state index is 5.43. The van der Waals surface area contributed by atoms with Gasteiger partial charge in [-0.1, -0.05) is 188 Å². The number of nitrogens with zero attached hydrogens (tertiary/aromatic N) is 4. The fourth-order valence-corrected chi connectivity index (χ4v) is 10.7. The lowest BCUT2D eigenvalue weighted by Gasteiger charge is -2.30. The highest BCUT2D eigenvalue weighted by atomic mass is 15.2. The molecule has 13 rings (SSSR count). The van der Waals surface area contributed by atoms with Crippen LogP contribution in [0.4, 0.5) is 0 Å². The predicted molar refractivity (Wildman–Crippen MR) is 253 cm³/mol. The summed E-state index contributed by atoms with van der Waals surface area (Å²) in [6, 6.07) is 70.4. The second-order valence-corrected chi connectivity index (χ2v) is 16.6.